The molecule has 0 bridgehead atoms. The van der Waals surface area contributed by atoms with Crippen LogP contribution in [0.15, 0.2) is 75.9 Å². The van der Waals surface area contributed by atoms with Gasteiger partial charge < -0.3 is 29.2 Å². The van der Waals surface area contributed by atoms with E-state index in [1.807, 2.05) is 47.1 Å². The van der Waals surface area contributed by atoms with E-state index in [0.717, 1.165) is 74.4 Å². The number of piperidine rings is 2. The fourth-order valence-electron chi connectivity index (χ4n) is 9.18. The topological polar surface area (TPSA) is 124 Å². The van der Waals surface area contributed by atoms with Crippen molar-refractivity contribution in [3.63, 3.8) is 0 Å². The quantitative estimate of drug-likeness (QED) is 0.271. The van der Waals surface area contributed by atoms with Crippen LogP contribution in [0.1, 0.15) is 47.9 Å². The van der Waals surface area contributed by atoms with Gasteiger partial charge in [0.05, 0.1) is 5.52 Å². The molecular weight excluding hydrogens is 711 g/mol. The van der Waals surface area contributed by atoms with Crippen molar-refractivity contribution in [3.8, 4) is 0 Å². The third-order valence-electron chi connectivity index (χ3n) is 12.3. The number of urea groups is 1. The van der Waals surface area contributed by atoms with Crippen LogP contribution in [-0.4, -0.2) is 124 Å². The number of nitrogens with zero attached hydrogens (tertiary/aromatic N) is 6. The molecule has 3 aromatic carbocycles. The molecule has 1 atom stereocenters. The van der Waals surface area contributed by atoms with Crippen LogP contribution < -0.4 is 11.1 Å². The number of aromatic nitrogens is 1. The van der Waals surface area contributed by atoms with Crippen molar-refractivity contribution in [1.82, 2.24) is 29.1 Å². The average Bonchev–Trinajstić information content (AvgIpc) is 3.39. The number of oxazole rings is 1. The van der Waals surface area contributed by atoms with Crippen LogP contribution in [0.5, 0.6) is 0 Å². The maximum atomic E-state index is 14.3. The van der Waals surface area contributed by atoms with Crippen LogP contribution in [0.3, 0.4) is 0 Å². The number of ether oxygens (including phenoxy) is 1. The summed E-state index contributed by atoms with van der Waals surface area (Å²) in [4.78, 5) is 64.1. The van der Waals surface area contributed by atoms with Gasteiger partial charge in [-0.2, -0.15) is 0 Å². The standard InChI is InChI=1S/C43H53N7O6/c1-30-26-32(27-37-39(30)45(2)42(53)55-37)28-38(40(51)48-24-22-47(23-25-48)34-13-17-46(18-14-34)29-31-8-4-3-5-9-31)56-43(54)49-19-15-35(16-20-49)50-21-12-33-10-6-7-11-36(33)44-41(50)52/h3-11,26-27,34-35,38H,12-25,28-29H2,1-2H3,(H,44,52). The Balaban J connectivity index is 0.902. The molecule has 1 aromatic heterocycles. The molecule has 13 nitrogen and oxygen atoms in total. The van der Waals surface area contributed by atoms with Crippen molar-refractivity contribution in [3.05, 3.63) is 99.5 Å². The first-order chi connectivity index (χ1) is 27.2. The molecule has 3 saturated heterocycles. The molecule has 8 rings (SSSR count). The van der Waals surface area contributed by atoms with Gasteiger partial charge >= 0.3 is 17.9 Å². The van der Waals surface area contributed by atoms with Gasteiger partial charge in [-0.15, -0.1) is 0 Å². The van der Waals surface area contributed by atoms with Crippen LogP contribution in [0.4, 0.5) is 15.3 Å². The van der Waals surface area contributed by atoms with Crippen molar-refractivity contribution in [2.24, 2.45) is 7.05 Å². The summed E-state index contributed by atoms with van der Waals surface area (Å²) in [5.41, 5.74) is 6.04. The number of aryl methyl sites for hydroxylation is 2. The summed E-state index contributed by atoms with van der Waals surface area (Å²) >= 11 is 0. The van der Waals surface area contributed by atoms with Gasteiger partial charge in [-0.25, -0.2) is 14.4 Å². The minimum atomic E-state index is -1.05. The fourth-order valence-corrected chi connectivity index (χ4v) is 9.18. The monoisotopic (exact) mass is 763 g/mol. The van der Waals surface area contributed by atoms with Gasteiger partial charge in [0.25, 0.3) is 5.91 Å². The molecule has 1 unspecified atom stereocenters. The molecule has 56 heavy (non-hydrogen) atoms. The van der Waals surface area contributed by atoms with Gasteiger partial charge in [0.1, 0.15) is 0 Å². The number of carbonyl (C=O) groups is 3. The van der Waals surface area contributed by atoms with Gasteiger partial charge in [-0.3, -0.25) is 19.2 Å². The number of amides is 4. The molecule has 4 amide bonds. The predicted octanol–water partition coefficient (Wildman–Crippen LogP) is 4.85. The normalized spacial score (nSPS) is 19.8. The summed E-state index contributed by atoms with van der Waals surface area (Å²) in [6, 6.07) is 22.6. The third kappa shape index (κ3) is 8.20. The van der Waals surface area contributed by atoms with E-state index in [1.165, 1.54) is 10.1 Å². The van der Waals surface area contributed by atoms with Gasteiger partial charge in [0.15, 0.2) is 11.7 Å². The molecule has 4 aliphatic rings. The Kier molecular flexibility index (Phi) is 11.1. The summed E-state index contributed by atoms with van der Waals surface area (Å²) < 4.78 is 13.1. The smallest absolute Gasteiger partial charge is 0.419 e. The van der Waals surface area contributed by atoms with E-state index in [9.17, 15) is 19.2 Å². The number of hydrogen-bond acceptors (Lipinski definition) is 8. The van der Waals surface area contributed by atoms with E-state index in [1.54, 1.807) is 18.0 Å². The molecular formula is C43H53N7O6. The highest BCUT2D eigenvalue weighted by Gasteiger charge is 2.36. The lowest BCUT2D eigenvalue weighted by atomic mass is 10.0. The van der Waals surface area contributed by atoms with E-state index in [4.69, 9.17) is 9.15 Å². The van der Waals surface area contributed by atoms with Crippen LogP contribution in [0, 0.1) is 6.92 Å². The first kappa shape index (κ1) is 37.8. The molecule has 4 aliphatic heterocycles. The van der Waals surface area contributed by atoms with E-state index < -0.39 is 18.0 Å². The van der Waals surface area contributed by atoms with Crippen molar-refractivity contribution in [1.29, 1.82) is 0 Å². The zero-order valence-corrected chi connectivity index (χ0v) is 32.5. The minimum Gasteiger partial charge on any atom is -0.436 e. The van der Waals surface area contributed by atoms with Crippen molar-refractivity contribution in [2.75, 3.05) is 64.2 Å². The molecule has 296 valence electrons. The number of carbonyl (C=O) groups excluding carboxylic acids is 3. The second-order valence-electron chi connectivity index (χ2n) is 15.9. The Morgan fingerprint density at radius 1 is 0.804 bits per heavy atom. The van der Waals surface area contributed by atoms with E-state index >= 15 is 0 Å². The Morgan fingerprint density at radius 2 is 1.50 bits per heavy atom. The van der Waals surface area contributed by atoms with E-state index in [2.05, 4.69) is 45.4 Å². The molecule has 1 N–H and O–H groups in total. The van der Waals surface area contributed by atoms with E-state index in [-0.39, 0.29) is 24.4 Å². The van der Waals surface area contributed by atoms with Gasteiger partial charge in [0, 0.05) is 83.6 Å². The fraction of sp³-hybridized carbons (Fsp3) is 0.488. The number of fused-ring (bicyclic) bond motifs is 2. The van der Waals surface area contributed by atoms with Crippen molar-refractivity contribution < 1.29 is 23.5 Å². The largest absolute Gasteiger partial charge is 0.436 e. The van der Waals surface area contributed by atoms with Crippen LogP contribution >= 0.6 is 0 Å². The number of likely N-dealkylation sites (tertiary alicyclic amines) is 2. The highest BCUT2D eigenvalue weighted by Crippen LogP contribution is 2.27. The van der Waals surface area contributed by atoms with Crippen LogP contribution in [0.25, 0.3) is 11.1 Å². The third-order valence-corrected chi connectivity index (χ3v) is 12.3. The second-order valence-corrected chi connectivity index (χ2v) is 15.9. The Labute approximate surface area is 327 Å². The lowest BCUT2D eigenvalue weighted by molar-refractivity contribution is -0.143. The molecule has 0 saturated carbocycles. The SMILES string of the molecule is Cc1cc(CC(OC(=O)N2CCC(N3CCc4ccccc4NC3=O)CC2)C(=O)N2CCN(C3CCN(Cc4ccccc4)CC3)CC2)cc2oc(=O)n(C)c12. The first-order valence-corrected chi connectivity index (χ1v) is 20.2. The average molecular weight is 764 g/mol. The number of para-hydroxylation sites is 1. The maximum Gasteiger partial charge on any atom is 0.419 e. The molecule has 0 radical (unpaired) electrons. The first-order valence-electron chi connectivity index (χ1n) is 20.2. The Bertz CT molecular complexity index is 2090. The molecule has 0 spiro atoms. The molecule has 5 heterocycles. The lowest BCUT2D eigenvalue weighted by Crippen LogP contribution is -2.56. The van der Waals surface area contributed by atoms with Gasteiger partial charge in [0.2, 0.25) is 0 Å². The van der Waals surface area contributed by atoms with Crippen LogP contribution in [0.2, 0.25) is 0 Å². The number of benzene rings is 3. The minimum absolute atomic E-state index is 0.00610. The zero-order chi connectivity index (χ0) is 38.8. The summed E-state index contributed by atoms with van der Waals surface area (Å²) in [6.45, 7) is 9.12. The summed E-state index contributed by atoms with van der Waals surface area (Å²) in [7, 11) is 1.67. The lowest BCUT2D eigenvalue weighted by Gasteiger charge is -2.43. The zero-order valence-electron chi connectivity index (χ0n) is 32.5. The molecule has 13 heteroatoms. The summed E-state index contributed by atoms with van der Waals surface area (Å²) in [5.74, 6) is -0.664. The molecule has 0 aliphatic carbocycles. The van der Waals surface area contributed by atoms with E-state index in [0.29, 0.717) is 62.7 Å². The van der Waals surface area contributed by atoms with Gasteiger partial charge in [-0.05, 0) is 86.5 Å². The Morgan fingerprint density at radius 3 is 2.25 bits per heavy atom. The second kappa shape index (κ2) is 16.5. The van der Waals surface area contributed by atoms with Crippen LogP contribution in [-0.2, 0) is 36.0 Å². The number of hydrogen-bond donors (Lipinski definition) is 1. The van der Waals surface area contributed by atoms with Crippen molar-refractivity contribution in [2.45, 2.75) is 70.2 Å². The predicted molar refractivity (Wildman–Crippen MR) is 214 cm³/mol. The number of nitrogens with one attached hydrogen (secondary N) is 1. The Hall–Kier alpha value is -5.14. The highest BCUT2D eigenvalue weighted by atomic mass is 16.6. The molecule has 3 fully saturated rings. The molecule has 4 aromatic rings. The number of anilines is 1. The summed E-state index contributed by atoms with van der Waals surface area (Å²) in [5, 5.41) is 3.06. The van der Waals surface area contributed by atoms with Crippen molar-refractivity contribution >= 4 is 34.8 Å². The summed E-state index contributed by atoms with van der Waals surface area (Å²) in [6.07, 6.45) is 2.79. The highest BCUT2D eigenvalue weighted by molar-refractivity contribution is 5.91. The number of rotatable bonds is 8. The maximum absolute atomic E-state index is 14.3. The van der Waals surface area contributed by atoms with Gasteiger partial charge in [-0.1, -0.05) is 54.6 Å². The number of piperazine rings is 1.